The molecule has 18 heavy (non-hydrogen) atoms. The van der Waals surface area contributed by atoms with Crippen LogP contribution in [0.3, 0.4) is 0 Å². The van der Waals surface area contributed by atoms with Crippen LogP contribution < -0.4 is 5.73 Å². The summed E-state index contributed by atoms with van der Waals surface area (Å²) in [6.45, 7) is 3.13. The van der Waals surface area contributed by atoms with Crippen molar-refractivity contribution >= 4 is 12.4 Å². The second kappa shape index (κ2) is 6.04. The van der Waals surface area contributed by atoms with Gasteiger partial charge in [0, 0.05) is 31.6 Å². The van der Waals surface area contributed by atoms with E-state index in [0.717, 1.165) is 43.9 Å². The highest BCUT2D eigenvalue weighted by Gasteiger charge is 2.27. The maximum Gasteiger partial charge on any atom is 0.181 e. The minimum absolute atomic E-state index is 0. The third-order valence-electron chi connectivity index (χ3n) is 4.15. The van der Waals surface area contributed by atoms with Crippen molar-refractivity contribution in [3.05, 3.63) is 17.8 Å². The van der Waals surface area contributed by atoms with Crippen LogP contribution >= 0.6 is 12.4 Å². The first-order valence-corrected chi connectivity index (χ1v) is 6.73. The molecule has 2 fully saturated rings. The van der Waals surface area contributed by atoms with Crippen molar-refractivity contribution in [3.8, 4) is 0 Å². The zero-order valence-corrected chi connectivity index (χ0v) is 11.5. The largest absolute Gasteiger partial charge is 0.448 e. The molecular weight excluding hydrogens is 250 g/mol. The number of likely N-dealkylation sites (tertiary alicyclic amines) is 1. The van der Waals surface area contributed by atoms with Crippen LogP contribution in [0.15, 0.2) is 10.8 Å². The van der Waals surface area contributed by atoms with Gasteiger partial charge in [0.2, 0.25) is 0 Å². The van der Waals surface area contributed by atoms with Crippen LogP contribution in [-0.2, 0) is 6.54 Å². The molecule has 0 spiro atoms. The van der Waals surface area contributed by atoms with Crippen LogP contribution in [0.25, 0.3) is 0 Å². The minimum Gasteiger partial charge on any atom is -0.448 e. The summed E-state index contributed by atoms with van der Waals surface area (Å²) in [7, 11) is 0. The number of aromatic nitrogens is 1. The second-order valence-corrected chi connectivity index (χ2v) is 5.40. The number of nitrogens with zero attached hydrogens (tertiary/aromatic N) is 2. The molecule has 1 saturated carbocycles. The summed E-state index contributed by atoms with van der Waals surface area (Å²) >= 11 is 0. The summed E-state index contributed by atoms with van der Waals surface area (Å²) in [5, 5.41) is 0. The maximum absolute atomic E-state index is 5.92. The van der Waals surface area contributed by atoms with Crippen LogP contribution in [0, 0.1) is 0 Å². The van der Waals surface area contributed by atoms with Gasteiger partial charge in [0.25, 0.3) is 0 Å². The Hall–Kier alpha value is -0.580. The Balaban J connectivity index is 0.00000120. The van der Waals surface area contributed by atoms with E-state index < -0.39 is 0 Å². The molecule has 0 unspecified atom stereocenters. The molecule has 3 rings (SSSR count). The van der Waals surface area contributed by atoms with E-state index >= 15 is 0 Å². The van der Waals surface area contributed by atoms with Crippen molar-refractivity contribution in [2.45, 2.75) is 50.6 Å². The van der Waals surface area contributed by atoms with Crippen LogP contribution in [0.2, 0.25) is 0 Å². The van der Waals surface area contributed by atoms with E-state index in [0.29, 0.717) is 12.0 Å². The number of hydrogen-bond donors (Lipinski definition) is 1. The zero-order chi connectivity index (χ0) is 11.7. The molecule has 1 saturated heterocycles. The highest BCUT2D eigenvalue weighted by atomic mass is 35.5. The monoisotopic (exact) mass is 271 g/mol. The average Bonchev–Trinajstić information content (AvgIpc) is 2.68. The average molecular weight is 272 g/mol. The molecule has 2 N–H and O–H groups in total. The fourth-order valence-electron chi connectivity index (χ4n) is 2.72. The maximum atomic E-state index is 5.92. The standard InChI is InChI=1S/C13H21N3O.ClH/c14-11-4-6-16(7-5-11)8-12-13(17-9-15-12)10-2-1-3-10;/h9-11H,1-8,14H2;1H. The molecule has 0 atom stereocenters. The lowest BCUT2D eigenvalue weighted by Gasteiger charge is -2.30. The van der Waals surface area contributed by atoms with Crippen LogP contribution in [-0.4, -0.2) is 29.0 Å². The predicted octanol–water partition coefficient (Wildman–Crippen LogP) is 2.29. The first kappa shape index (κ1) is 13.8. The lowest BCUT2D eigenvalue weighted by atomic mass is 9.83. The van der Waals surface area contributed by atoms with Crippen LogP contribution in [0.5, 0.6) is 0 Å². The third kappa shape index (κ3) is 2.87. The molecule has 2 aliphatic rings. The first-order valence-electron chi connectivity index (χ1n) is 6.73. The highest BCUT2D eigenvalue weighted by Crippen LogP contribution is 2.38. The lowest BCUT2D eigenvalue weighted by molar-refractivity contribution is 0.201. The molecule has 5 heteroatoms. The molecule has 4 nitrogen and oxygen atoms in total. The predicted molar refractivity (Wildman–Crippen MR) is 72.8 cm³/mol. The van der Waals surface area contributed by atoms with E-state index in [4.69, 9.17) is 10.2 Å². The van der Waals surface area contributed by atoms with E-state index in [1.807, 2.05) is 0 Å². The number of oxazole rings is 1. The number of rotatable bonds is 3. The van der Waals surface area contributed by atoms with Gasteiger partial charge in [-0.25, -0.2) is 4.98 Å². The molecule has 1 aromatic rings. The van der Waals surface area contributed by atoms with Crippen molar-refractivity contribution in [2.75, 3.05) is 13.1 Å². The van der Waals surface area contributed by atoms with Gasteiger partial charge in [-0.2, -0.15) is 0 Å². The number of piperidine rings is 1. The fourth-order valence-corrected chi connectivity index (χ4v) is 2.72. The van der Waals surface area contributed by atoms with Crippen LogP contribution in [0.1, 0.15) is 49.5 Å². The Morgan fingerprint density at radius 2 is 2.00 bits per heavy atom. The Morgan fingerprint density at radius 3 is 2.61 bits per heavy atom. The molecule has 1 aromatic heterocycles. The molecule has 1 aliphatic carbocycles. The summed E-state index contributed by atoms with van der Waals surface area (Å²) in [6, 6.07) is 0.398. The van der Waals surface area contributed by atoms with Gasteiger partial charge in [-0.15, -0.1) is 12.4 Å². The van der Waals surface area contributed by atoms with Gasteiger partial charge >= 0.3 is 0 Å². The Labute approximate surface area is 114 Å². The first-order chi connectivity index (χ1) is 8.33. The normalized spacial score (nSPS) is 22.5. The Bertz CT molecular complexity index is 370. The SMILES string of the molecule is Cl.NC1CCN(Cc2ncoc2C2CCC2)CC1. The topological polar surface area (TPSA) is 55.3 Å². The van der Waals surface area contributed by atoms with Crippen molar-refractivity contribution in [3.63, 3.8) is 0 Å². The van der Waals surface area contributed by atoms with Gasteiger partial charge in [-0.3, -0.25) is 4.90 Å². The molecular formula is C13H22ClN3O. The molecule has 0 aromatic carbocycles. The molecule has 0 radical (unpaired) electrons. The number of halogens is 1. The smallest absolute Gasteiger partial charge is 0.181 e. The van der Waals surface area contributed by atoms with Gasteiger partial charge in [-0.05, 0) is 25.7 Å². The minimum atomic E-state index is 0. The van der Waals surface area contributed by atoms with Crippen LogP contribution in [0.4, 0.5) is 0 Å². The number of nitrogens with two attached hydrogens (primary N) is 1. The Kier molecular flexibility index (Phi) is 4.65. The summed E-state index contributed by atoms with van der Waals surface area (Å²) in [5.74, 6) is 1.78. The lowest BCUT2D eigenvalue weighted by Crippen LogP contribution is -2.39. The second-order valence-electron chi connectivity index (χ2n) is 5.40. The van der Waals surface area contributed by atoms with E-state index in [-0.39, 0.29) is 12.4 Å². The third-order valence-corrected chi connectivity index (χ3v) is 4.15. The Morgan fingerprint density at radius 1 is 1.28 bits per heavy atom. The zero-order valence-electron chi connectivity index (χ0n) is 10.7. The van der Waals surface area contributed by atoms with Gasteiger partial charge in [0.05, 0.1) is 5.69 Å². The van der Waals surface area contributed by atoms with E-state index in [2.05, 4.69) is 9.88 Å². The van der Waals surface area contributed by atoms with E-state index in [1.165, 1.54) is 19.3 Å². The summed E-state index contributed by atoms with van der Waals surface area (Å²) in [6.07, 6.45) is 7.70. The number of hydrogen-bond acceptors (Lipinski definition) is 4. The van der Waals surface area contributed by atoms with Gasteiger partial charge < -0.3 is 10.2 Å². The van der Waals surface area contributed by atoms with Gasteiger partial charge in [0.1, 0.15) is 5.76 Å². The van der Waals surface area contributed by atoms with Gasteiger partial charge in [-0.1, -0.05) is 6.42 Å². The van der Waals surface area contributed by atoms with E-state index in [9.17, 15) is 0 Å². The van der Waals surface area contributed by atoms with Crippen molar-refractivity contribution < 1.29 is 4.42 Å². The summed E-state index contributed by atoms with van der Waals surface area (Å²) in [5.41, 5.74) is 7.08. The highest BCUT2D eigenvalue weighted by molar-refractivity contribution is 5.85. The van der Waals surface area contributed by atoms with Crippen molar-refractivity contribution in [1.29, 1.82) is 0 Å². The molecule has 102 valence electrons. The fraction of sp³-hybridized carbons (Fsp3) is 0.769. The summed E-state index contributed by atoms with van der Waals surface area (Å²) < 4.78 is 5.57. The molecule has 1 aliphatic heterocycles. The molecule has 0 bridgehead atoms. The van der Waals surface area contributed by atoms with Gasteiger partial charge in [0.15, 0.2) is 6.39 Å². The van der Waals surface area contributed by atoms with E-state index in [1.54, 1.807) is 6.39 Å². The molecule has 0 amide bonds. The summed E-state index contributed by atoms with van der Waals surface area (Å²) in [4.78, 5) is 6.84. The quantitative estimate of drug-likeness (QED) is 0.916. The molecule has 2 heterocycles. The van der Waals surface area contributed by atoms with Crippen molar-refractivity contribution in [2.24, 2.45) is 5.73 Å². The van der Waals surface area contributed by atoms with Crippen molar-refractivity contribution in [1.82, 2.24) is 9.88 Å².